The van der Waals surface area contributed by atoms with Crippen molar-refractivity contribution in [1.29, 1.82) is 0 Å². The molecule has 9 atom stereocenters. The van der Waals surface area contributed by atoms with Crippen LogP contribution in [-0.2, 0) is 0 Å². The predicted molar refractivity (Wildman–Crippen MR) is 124 cm³/mol. The van der Waals surface area contributed by atoms with Crippen LogP contribution in [0, 0.1) is 52.3 Å². The van der Waals surface area contributed by atoms with Gasteiger partial charge in [0.05, 0.1) is 6.10 Å². The van der Waals surface area contributed by atoms with Crippen molar-refractivity contribution in [3.05, 3.63) is 23.8 Å². The quantitative estimate of drug-likeness (QED) is 0.489. The Bertz CT molecular complexity index is 659. The van der Waals surface area contributed by atoms with Gasteiger partial charge < -0.3 is 5.11 Å². The maximum Gasteiger partial charge on any atom is 0.0543 e. The van der Waals surface area contributed by atoms with E-state index in [2.05, 4.69) is 59.8 Å². The topological polar surface area (TPSA) is 20.2 Å². The second kappa shape index (κ2) is 7.85. The van der Waals surface area contributed by atoms with Gasteiger partial charge in [-0.3, -0.25) is 0 Å². The third-order valence-corrected chi connectivity index (χ3v) is 10.5. The van der Waals surface area contributed by atoms with Gasteiger partial charge in [0.2, 0.25) is 0 Å². The fourth-order valence-electron chi connectivity index (χ4n) is 8.10. The van der Waals surface area contributed by atoms with Crippen LogP contribution in [0.4, 0.5) is 0 Å². The van der Waals surface area contributed by atoms with Crippen molar-refractivity contribution in [2.24, 2.45) is 52.3 Å². The van der Waals surface area contributed by atoms with Crippen molar-refractivity contribution in [2.45, 2.75) is 99.0 Å². The van der Waals surface area contributed by atoms with Crippen LogP contribution in [0.2, 0.25) is 0 Å². The van der Waals surface area contributed by atoms with Gasteiger partial charge in [-0.2, -0.15) is 0 Å². The molecule has 0 heterocycles. The van der Waals surface area contributed by atoms with E-state index in [1.165, 1.54) is 38.5 Å². The third-order valence-electron chi connectivity index (χ3n) is 10.5. The number of aliphatic hydroxyl groups is 1. The highest BCUT2D eigenvalue weighted by molar-refractivity contribution is 5.28. The number of rotatable bonds is 4. The van der Waals surface area contributed by atoms with Gasteiger partial charge in [-0.1, -0.05) is 65.3 Å². The van der Waals surface area contributed by atoms with Crippen LogP contribution in [0.15, 0.2) is 23.8 Å². The SMILES string of the molecule is CC(C)[C@@H](C)/C=C/[C@@H](C)[C@H]1CCC2C3=CCC4C[C@@H](O)CC[C@]4(C)C3CC[C@@]21C. The molecule has 4 rings (SSSR count). The normalized spacial score (nSPS) is 46.8. The zero-order valence-electron chi connectivity index (χ0n) is 20.0. The molecule has 0 aromatic rings. The monoisotopic (exact) mass is 398 g/mol. The molecule has 4 aliphatic carbocycles. The summed E-state index contributed by atoms with van der Waals surface area (Å²) in [7, 11) is 0. The minimum Gasteiger partial charge on any atom is -0.393 e. The summed E-state index contributed by atoms with van der Waals surface area (Å²) in [4.78, 5) is 0. The molecule has 0 radical (unpaired) electrons. The first-order chi connectivity index (χ1) is 13.7. The minimum absolute atomic E-state index is 0.0476. The number of fused-ring (bicyclic) bond motifs is 5. The summed E-state index contributed by atoms with van der Waals surface area (Å²) in [6, 6.07) is 0. The lowest BCUT2D eigenvalue weighted by molar-refractivity contribution is -0.0414. The van der Waals surface area contributed by atoms with Crippen LogP contribution >= 0.6 is 0 Å². The van der Waals surface area contributed by atoms with Gasteiger partial charge in [0, 0.05) is 0 Å². The lowest BCUT2D eigenvalue weighted by Crippen LogP contribution is -2.49. The van der Waals surface area contributed by atoms with Crippen molar-refractivity contribution in [1.82, 2.24) is 0 Å². The molecule has 0 amide bonds. The summed E-state index contributed by atoms with van der Waals surface area (Å²) in [6.07, 6.45) is 17.8. The Morgan fingerprint density at radius 1 is 0.931 bits per heavy atom. The minimum atomic E-state index is -0.0476. The van der Waals surface area contributed by atoms with Crippen LogP contribution in [0.3, 0.4) is 0 Å². The van der Waals surface area contributed by atoms with E-state index in [1.54, 1.807) is 0 Å². The summed E-state index contributed by atoms with van der Waals surface area (Å²) < 4.78 is 0. The summed E-state index contributed by atoms with van der Waals surface area (Å²) in [5.74, 6) is 5.25. The highest BCUT2D eigenvalue weighted by atomic mass is 16.3. The zero-order chi connectivity index (χ0) is 21.0. The molecule has 1 nitrogen and oxygen atoms in total. The Hall–Kier alpha value is -0.560. The Morgan fingerprint density at radius 2 is 1.62 bits per heavy atom. The summed E-state index contributed by atoms with van der Waals surface area (Å²) >= 11 is 0. The maximum absolute atomic E-state index is 10.2. The second-order valence-corrected chi connectivity index (χ2v) is 12.3. The molecule has 4 aliphatic rings. The molecule has 3 saturated carbocycles. The van der Waals surface area contributed by atoms with E-state index < -0.39 is 0 Å². The fourth-order valence-corrected chi connectivity index (χ4v) is 8.10. The van der Waals surface area contributed by atoms with Crippen LogP contribution < -0.4 is 0 Å². The molecule has 1 heteroatoms. The first kappa shape index (κ1) is 21.7. The van der Waals surface area contributed by atoms with Crippen LogP contribution in [0.5, 0.6) is 0 Å². The fraction of sp³-hybridized carbons (Fsp3) is 0.857. The molecule has 0 aromatic carbocycles. The molecule has 3 fully saturated rings. The summed E-state index contributed by atoms with van der Waals surface area (Å²) in [6.45, 7) is 14.7. The van der Waals surface area contributed by atoms with E-state index in [0.717, 1.165) is 36.5 Å². The highest BCUT2D eigenvalue weighted by Gasteiger charge is 2.57. The summed E-state index contributed by atoms with van der Waals surface area (Å²) in [5.41, 5.74) is 2.79. The van der Waals surface area contributed by atoms with Crippen molar-refractivity contribution in [2.75, 3.05) is 0 Å². The molecular weight excluding hydrogens is 352 g/mol. The second-order valence-electron chi connectivity index (χ2n) is 12.3. The van der Waals surface area contributed by atoms with Gasteiger partial charge in [0.15, 0.2) is 0 Å². The maximum atomic E-state index is 10.2. The number of hydrogen-bond donors (Lipinski definition) is 1. The molecule has 29 heavy (non-hydrogen) atoms. The summed E-state index contributed by atoms with van der Waals surface area (Å²) in [5, 5.41) is 10.2. The molecule has 0 spiro atoms. The van der Waals surface area contributed by atoms with E-state index in [0.29, 0.717) is 28.6 Å². The Kier molecular flexibility index (Phi) is 5.86. The number of allylic oxidation sites excluding steroid dienone is 4. The molecule has 1 N–H and O–H groups in total. The molecule has 0 aliphatic heterocycles. The van der Waals surface area contributed by atoms with Crippen molar-refractivity contribution in [3.63, 3.8) is 0 Å². The van der Waals surface area contributed by atoms with E-state index in [-0.39, 0.29) is 6.10 Å². The van der Waals surface area contributed by atoms with Crippen LogP contribution in [0.25, 0.3) is 0 Å². The van der Waals surface area contributed by atoms with Gasteiger partial charge >= 0.3 is 0 Å². The van der Waals surface area contributed by atoms with Gasteiger partial charge in [-0.25, -0.2) is 0 Å². The van der Waals surface area contributed by atoms with Crippen LogP contribution in [0.1, 0.15) is 92.9 Å². The average molecular weight is 399 g/mol. The van der Waals surface area contributed by atoms with Gasteiger partial charge in [-0.15, -0.1) is 0 Å². The number of hydrogen-bond acceptors (Lipinski definition) is 1. The molecular formula is C28H46O. The highest BCUT2D eigenvalue weighted by Crippen LogP contribution is 2.66. The zero-order valence-corrected chi connectivity index (χ0v) is 20.0. The van der Waals surface area contributed by atoms with Gasteiger partial charge in [-0.05, 0) is 104 Å². The average Bonchev–Trinajstić information content (AvgIpc) is 3.03. The van der Waals surface area contributed by atoms with Crippen molar-refractivity contribution < 1.29 is 5.11 Å². The Balaban J connectivity index is 1.54. The van der Waals surface area contributed by atoms with Crippen molar-refractivity contribution in [3.8, 4) is 0 Å². The Labute approximate surface area is 180 Å². The molecule has 0 bridgehead atoms. The van der Waals surface area contributed by atoms with E-state index in [1.807, 2.05) is 5.57 Å². The van der Waals surface area contributed by atoms with Crippen molar-refractivity contribution >= 4 is 0 Å². The molecule has 3 unspecified atom stereocenters. The molecule has 0 aromatic heterocycles. The van der Waals surface area contributed by atoms with E-state index in [9.17, 15) is 5.11 Å². The molecule has 164 valence electrons. The third kappa shape index (κ3) is 3.58. The standard InChI is InChI=1S/C28H46O/c1-18(2)19(3)7-8-20(4)24-11-12-25-23-10-9-21-17-22(29)13-15-27(21,5)26(23)14-16-28(24,25)6/h7-8,10,18-22,24-26,29H,9,11-17H2,1-6H3/b8-7+/t19-,20+,21?,22-,24+,25?,26?,27-,28+/m0/s1. The number of aliphatic hydroxyl groups excluding tert-OH is 1. The van der Waals surface area contributed by atoms with Crippen LogP contribution in [-0.4, -0.2) is 11.2 Å². The Morgan fingerprint density at radius 3 is 2.34 bits per heavy atom. The van der Waals surface area contributed by atoms with Gasteiger partial charge in [0.25, 0.3) is 0 Å². The smallest absolute Gasteiger partial charge is 0.0543 e. The first-order valence-corrected chi connectivity index (χ1v) is 12.7. The first-order valence-electron chi connectivity index (χ1n) is 12.7. The molecule has 0 saturated heterocycles. The largest absolute Gasteiger partial charge is 0.393 e. The van der Waals surface area contributed by atoms with E-state index >= 15 is 0 Å². The predicted octanol–water partition coefficient (Wildman–Crippen LogP) is 7.41. The lowest BCUT2D eigenvalue weighted by Gasteiger charge is -2.57. The van der Waals surface area contributed by atoms with Gasteiger partial charge in [0.1, 0.15) is 0 Å². The lowest BCUT2D eigenvalue weighted by atomic mass is 9.47. The van der Waals surface area contributed by atoms with E-state index in [4.69, 9.17) is 0 Å².